The Morgan fingerprint density at radius 1 is 1.15 bits per heavy atom. The third-order valence-electron chi connectivity index (χ3n) is 3.23. The van der Waals surface area contributed by atoms with E-state index in [2.05, 4.69) is 0 Å². The molecular formula is C15H11FO4. The van der Waals surface area contributed by atoms with Gasteiger partial charge in [0.05, 0.1) is 6.42 Å². The molecular weight excluding hydrogens is 263 g/mol. The summed E-state index contributed by atoms with van der Waals surface area (Å²) >= 11 is 0. The predicted molar refractivity (Wildman–Crippen MR) is 68.5 cm³/mol. The number of halogens is 1. The minimum absolute atomic E-state index is 0.0525. The molecule has 2 N–H and O–H groups in total. The highest BCUT2D eigenvalue weighted by Crippen LogP contribution is 2.41. The van der Waals surface area contributed by atoms with E-state index < -0.39 is 6.10 Å². The van der Waals surface area contributed by atoms with Crippen LogP contribution in [0.5, 0.6) is 17.2 Å². The molecule has 2 aromatic rings. The quantitative estimate of drug-likeness (QED) is 0.839. The fraction of sp³-hybridized carbons (Fsp3) is 0.133. The maximum atomic E-state index is 12.9. The van der Waals surface area contributed by atoms with Crippen molar-refractivity contribution in [2.75, 3.05) is 0 Å². The van der Waals surface area contributed by atoms with E-state index in [4.69, 9.17) is 4.74 Å². The monoisotopic (exact) mass is 274 g/mol. The number of aromatic hydroxyl groups is 2. The first kappa shape index (κ1) is 12.5. The molecule has 0 spiro atoms. The molecule has 102 valence electrons. The van der Waals surface area contributed by atoms with Gasteiger partial charge in [0, 0.05) is 12.1 Å². The number of hydrogen-bond acceptors (Lipinski definition) is 4. The van der Waals surface area contributed by atoms with Gasteiger partial charge in [0.2, 0.25) is 0 Å². The Labute approximate surface area is 114 Å². The zero-order chi connectivity index (χ0) is 14.3. The lowest BCUT2D eigenvalue weighted by Crippen LogP contribution is -2.20. The van der Waals surface area contributed by atoms with Gasteiger partial charge < -0.3 is 14.9 Å². The molecule has 0 fully saturated rings. The topological polar surface area (TPSA) is 66.8 Å². The smallest absolute Gasteiger partial charge is 0.174 e. The maximum Gasteiger partial charge on any atom is 0.174 e. The summed E-state index contributed by atoms with van der Waals surface area (Å²) in [7, 11) is 0. The zero-order valence-electron chi connectivity index (χ0n) is 10.3. The van der Waals surface area contributed by atoms with Crippen molar-refractivity contribution < 1.29 is 24.1 Å². The second kappa shape index (κ2) is 4.52. The minimum atomic E-state index is -0.559. The third kappa shape index (κ3) is 2.07. The largest absolute Gasteiger partial charge is 0.508 e. The predicted octanol–water partition coefficient (Wildman–Crippen LogP) is 2.94. The Morgan fingerprint density at radius 3 is 2.55 bits per heavy atom. The number of rotatable bonds is 1. The Hall–Kier alpha value is -2.56. The normalized spacial score (nSPS) is 17.4. The number of phenolic OH excluding ortho intramolecular Hbond substituents is 2. The number of carbonyl (C=O) groups excluding carboxylic acids is 1. The molecule has 1 heterocycles. The van der Waals surface area contributed by atoms with Crippen LogP contribution in [0.2, 0.25) is 0 Å². The molecule has 0 saturated heterocycles. The van der Waals surface area contributed by atoms with Crippen molar-refractivity contribution in [2.45, 2.75) is 12.5 Å². The second-order valence-electron chi connectivity index (χ2n) is 4.62. The van der Waals surface area contributed by atoms with E-state index in [1.165, 1.54) is 18.2 Å². The van der Waals surface area contributed by atoms with Gasteiger partial charge in [-0.3, -0.25) is 4.79 Å². The van der Waals surface area contributed by atoms with Gasteiger partial charge in [0.25, 0.3) is 0 Å². The number of ketones is 1. The lowest BCUT2D eigenvalue weighted by atomic mass is 9.95. The number of hydrogen-bond donors (Lipinski definition) is 2. The summed E-state index contributed by atoms with van der Waals surface area (Å²) in [6.07, 6.45) is -0.506. The zero-order valence-corrected chi connectivity index (χ0v) is 10.3. The first-order valence-electron chi connectivity index (χ1n) is 6.06. The summed E-state index contributed by atoms with van der Waals surface area (Å²) in [5.74, 6) is -1.01. The SMILES string of the molecule is O=C1CC(c2ccc(F)cc2)Oc2cc(O)cc(O)c21. The van der Waals surface area contributed by atoms with Crippen LogP contribution in [0.3, 0.4) is 0 Å². The van der Waals surface area contributed by atoms with Gasteiger partial charge in [0.15, 0.2) is 5.78 Å². The highest BCUT2D eigenvalue weighted by molar-refractivity contribution is 6.02. The van der Waals surface area contributed by atoms with Crippen molar-refractivity contribution in [3.05, 3.63) is 53.3 Å². The molecule has 0 radical (unpaired) electrons. The molecule has 0 amide bonds. The number of carbonyl (C=O) groups is 1. The summed E-state index contributed by atoms with van der Waals surface area (Å²) in [4.78, 5) is 12.1. The van der Waals surface area contributed by atoms with Crippen LogP contribution in [0.25, 0.3) is 0 Å². The van der Waals surface area contributed by atoms with E-state index in [-0.39, 0.29) is 40.8 Å². The van der Waals surface area contributed by atoms with Crippen molar-refractivity contribution in [3.8, 4) is 17.2 Å². The molecule has 1 aliphatic heterocycles. The van der Waals surface area contributed by atoms with Crippen LogP contribution < -0.4 is 4.74 Å². The molecule has 3 rings (SSSR count). The van der Waals surface area contributed by atoms with Crippen molar-refractivity contribution in [1.29, 1.82) is 0 Å². The van der Waals surface area contributed by atoms with Crippen molar-refractivity contribution in [3.63, 3.8) is 0 Å². The summed E-state index contributed by atoms with van der Waals surface area (Å²) < 4.78 is 18.5. The summed E-state index contributed by atoms with van der Waals surface area (Å²) in [5.41, 5.74) is 0.731. The molecule has 4 nitrogen and oxygen atoms in total. The van der Waals surface area contributed by atoms with Gasteiger partial charge in [-0.05, 0) is 17.7 Å². The summed E-state index contributed by atoms with van der Waals surface area (Å²) in [5, 5.41) is 19.1. The lowest BCUT2D eigenvalue weighted by Gasteiger charge is -2.26. The molecule has 0 bridgehead atoms. The number of phenols is 2. The van der Waals surface area contributed by atoms with E-state index in [1.807, 2.05) is 0 Å². The lowest BCUT2D eigenvalue weighted by molar-refractivity contribution is 0.0845. The number of fused-ring (bicyclic) bond motifs is 1. The average molecular weight is 274 g/mol. The fourth-order valence-corrected chi connectivity index (χ4v) is 2.29. The summed E-state index contributed by atoms with van der Waals surface area (Å²) in [6.45, 7) is 0. The molecule has 0 aromatic heterocycles. The molecule has 1 unspecified atom stereocenters. The first-order valence-corrected chi connectivity index (χ1v) is 6.06. The molecule has 0 aliphatic carbocycles. The molecule has 0 saturated carbocycles. The molecule has 1 atom stereocenters. The van der Waals surface area contributed by atoms with Crippen LogP contribution in [-0.2, 0) is 0 Å². The van der Waals surface area contributed by atoms with Crippen LogP contribution >= 0.6 is 0 Å². The highest BCUT2D eigenvalue weighted by atomic mass is 19.1. The molecule has 1 aliphatic rings. The van der Waals surface area contributed by atoms with E-state index >= 15 is 0 Å². The first-order chi connectivity index (χ1) is 9.54. The van der Waals surface area contributed by atoms with E-state index in [1.54, 1.807) is 12.1 Å². The minimum Gasteiger partial charge on any atom is -0.508 e. The van der Waals surface area contributed by atoms with Gasteiger partial charge in [-0.1, -0.05) is 12.1 Å². The van der Waals surface area contributed by atoms with E-state index in [9.17, 15) is 19.4 Å². The Balaban J connectivity index is 2.00. The van der Waals surface area contributed by atoms with Crippen molar-refractivity contribution in [1.82, 2.24) is 0 Å². The maximum absolute atomic E-state index is 12.9. The second-order valence-corrected chi connectivity index (χ2v) is 4.62. The molecule has 5 heteroatoms. The number of Topliss-reactive ketones (excluding diaryl/α,β-unsaturated/α-hetero) is 1. The standard InChI is InChI=1S/C15H11FO4/c16-9-3-1-8(2-4-9)13-7-12(19)15-11(18)5-10(17)6-14(15)20-13/h1-6,13,17-18H,7H2. The Bertz CT molecular complexity index is 679. The van der Waals surface area contributed by atoms with Gasteiger partial charge in [-0.2, -0.15) is 0 Å². The van der Waals surface area contributed by atoms with Gasteiger partial charge in [0.1, 0.15) is 34.7 Å². The number of ether oxygens (including phenoxy) is 1. The fourth-order valence-electron chi connectivity index (χ4n) is 2.29. The molecule has 2 aromatic carbocycles. The van der Waals surface area contributed by atoms with Crippen LogP contribution in [0.15, 0.2) is 36.4 Å². The summed E-state index contributed by atoms with van der Waals surface area (Å²) in [6, 6.07) is 8.04. The third-order valence-corrected chi connectivity index (χ3v) is 3.23. The van der Waals surface area contributed by atoms with Gasteiger partial charge in [-0.15, -0.1) is 0 Å². The van der Waals surface area contributed by atoms with Crippen molar-refractivity contribution >= 4 is 5.78 Å². The average Bonchev–Trinajstić information content (AvgIpc) is 2.38. The Morgan fingerprint density at radius 2 is 1.85 bits per heavy atom. The Kier molecular flexibility index (Phi) is 2.82. The van der Waals surface area contributed by atoms with E-state index in [0.29, 0.717) is 5.56 Å². The van der Waals surface area contributed by atoms with Crippen molar-refractivity contribution in [2.24, 2.45) is 0 Å². The number of benzene rings is 2. The van der Waals surface area contributed by atoms with Gasteiger partial charge in [-0.25, -0.2) is 4.39 Å². The van der Waals surface area contributed by atoms with Gasteiger partial charge >= 0.3 is 0 Å². The van der Waals surface area contributed by atoms with Crippen LogP contribution in [0.4, 0.5) is 4.39 Å². The highest BCUT2D eigenvalue weighted by Gasteiger charge is 2.30. The van der Waals surface area contributed by atoms with Crippen LogP contribution in [0, 0.1) is 5.82 Å². The van der Waals surface area contributed by atoms with Crippen LogP contribution in [-0.4, -0.2) is 16.0 Å². The van der Waals surface area contributed by atoms with Crippen LogP contribution in [0.1, 0.15) is 28.4 Å². The van der Waals surface area contributed by atoms with E-state index in [0.717, 1.165) is 6.07 Å². The molecule has 20 heavy (non-hydrogen) atoms.